The number of alkyl halides is 2. The Hall–Kier alpha value is -3.12. The smallest absolute Gasteiger partial charge is 0.387 e. The van der Waals surface area contributed by atoms with Crippen molar-refractivity contribution in [3.05, 3.63) is 54.4 Å². The Bertz CT molecular complexity index is 1280. The van der Waals surface area contributed by atoms with Crippen LogP contribution in [0.15, 0.2) is 53.7 Å². The number of thioether (sulfide) groups is 1. The van der Waals surface area contributed by atoms with Crippen molar-refractivity contribution in [3.63, 3.8) is 0 Å². The van der Waals surface area contributed by atoms with Gasteiger partial charge in [-0.2, -0.15) is 13.5 Å². The number of aromatic nitrogens is 7. The highest BCUT2D eigenvalue weighted by atomic mass is 32.2. The van der Waals surface area contributed by atoms with Crippen molar-refractivity contribution in [2.45, 2.75) is 17.5 Å². The van der Waals surface area contributed by atoms with Gasteiger partial charge in [-0.05, 0) is 46.8 Å². The standard InChI is InChI=1S/C17H11F2N7OS2/c18-15(19)27-11-7-5-10(6-8-11)26-14(20-23-24-26)9-28-16-21-22-17-25(16)12-3-1-2-4-13(12)29-17/h1-8,15H,9H2. The van der Waals surface area contributed by atoms with Gasteiger partial charge in [-0.25, -0.2) is 0 Å². The van der Waals surface area contributed by atoms with Gasteiger partial charge in [0.1, 0.15) is 5.75 Å². The molecule has 0 unspecified atom stereocenters. The van der Waals surface area contributed by atoms with E-state index in [1.165, 1.54) is 23.9 Å². The first kappa shape index (κ1) is 17.9. The first-order valence-electron chi connectivity index (χ1n) is 8.37. The van der Waals surface area contributed by atoms with Crippen LogP contribution in [0.4, 0.5) is 8.78 Å². The highest BCUT2D eigenvalue weighted by Crippen LogP contribution is 2.30. The number of thiazole rings is 1. The summed E-state index contributed by atoms with van der Waals surface area (Å²) in [4.78, 5) is 0.822. The first-order valence-corrected chi connectivity index (χ1v) is 10.2. The fourth-order valence-corrected chi connectivity index (χ4v) is 4.72. The lowest BCUT2D eigenvalue weighted by Gasteiger charge is -2.07. The Morgan fingerprint density at radius 2 is 1.86 bits per heavy atom. The van der Waals surface area contributed by atoms with Crippen LogP contribution in [0, 0.1) is 0 Å². The third-order valence-corrected chi connectivity index (χ3v) is 6.02. The molecule has 146 valence electrons. The van der Waals surface area contributed by atoms with Crippen molar-refractivity contribution in [3.8, 4) is 11.4 Å². The van der Waals surface area contributed by atoms with Gasteiger partial charge in [0.05, 0.1) is 21.7 Å². The molecule has 0 aliphatic carbocycles. The molecule has 0 aliphatic rings. The van der Waals surface area contributed by atoms with E-state index in [1.54, 1.807) is 28.2 Å². The zero-order chi connectivity index (χ0) is 19.8. The highest BCUT2D eigenvalue weighted by Gasteiger charge is 2.15. The molecule has 2 aromatic carbocycles. The SMILES string of the molecule is FC(F)Oc1ccc(-n2nnnc2CSc2nnc3sc4ccccc4n23)cc1. The van der Waals surface area contributed by atoms with Crippen molar-refractivity contribution < 1.29 is 13.5 Å². The second-order valence-corrected chi connectivity index (χ2v) is 7.79. The Kier molecular flexibility index (Phi) is 4.56. The summed E-state index contributed by atoms with van der Waals surface area (Å²) >= 11 is 3.04. The van der Waals surface area contributed by atoms with Crippen LogP contribution in [0.2, 0.25) is 0 Å². The van der Waals surface area contributed by atoms with Crippen molar-refractivity contribution in [1.29, 1.82) is 0 Å². The molecule has 0 spiro atoms. The number of hydrogen-bond acceptors (Lipinski definition) is 8. The first-order chi connectivity index (χ1) is 14.2. The molecule has 3 aromatic heterocycles. The van der Waals surface area contributed by atoms with Gasteiger partial charge in [0, 0.05) is 0 Å². The van der Waals surface area contributed by atoms with Crippen LogP contribution in [-0.2, 0) is 5.75 Å². The Morgan fingerprint density at radius 1 is 1.03 bits per heavy atom. The normalized spacial score (nSPS) is 11.7. The summed E-state index contributed by atoms with van der Waals surface area (Å²) in [5.41, 5.74) is 1.69. The molecule has 29 heavy (non-hydrogen) atoms. The predicted molar refractivity (Wildman–Crippen MR) is 104 cm³/mol. The summed E-state index contributed by atoms with van der Waals surface area (Å²) < 4.78 is 33.7. The van der Waals surface area contributed by atoms with Gasteiger partial charge in [-0.3, -0.25) is 4.40 Å². The number of ether oxygens (including phenoxy) is 1. The summed E-state index contributed by atoms with van der Waals surface area (Å²) in [7, 11) is 0. The molecule has 0 amide bonds. The van der Waals surface area contributed by atoms with Crippen LogP contribution in [0.5, 0.6) is 5.75 Å². The largest absolute Gasteiger partial charge is 0.435 e. The number of tetrazole rings is 1. The van der Waals surface area contributed by atoms with Crippen molar-refractivity contribution in [2.75, 3.05) is 0 Å². The zero-order valence-corrected chi connectivity index (χ0v) is 16.1. The van der Waals surface area contributed by atoms with Gasteiger partial charge in [-0.15, -0.1) is 15.3 Å². The number of fused-ring (bicyclic) bond motifs is 3. The quantitative estimate of drug-likeness (QED) is 0.378. The average molecular weight is 431 g/mol. The van der Waals surface area contributed by atoms with Gasteiger partial charge >= 0.3 is 6.61 Å². The highest BCUT2D eigenvalue weighted by molar-refractivity contribution is 7.98. The van der Waals surface area contributed by atoms with Crippen molar-refractivity contribution >= 4 is 38.3 Å². The molecule has 0 fully saturated rings. The van der Waals surface area contributed by atoms with Gasteiger partial charge in [0.15, 0.2) is 11.0 Å². The number of hydrogen-bond donors (Lipinski definition) is 0. The third-order valence-electron chi connectivity index (χ3n) is 4.08. The lowest BCUT2D eigenvalue weighted by molar-refractivity contribution is -0.0498. The molecule has 0 bridgehead atoms. The molecule has 0 N–H and O–H groups in total. The number of halogens is 2. The summed E-state index contributed by atoms with van der Waals surface area (Å²) in [6.07, 6.45) is 0. The molecular weight excluding hydrogens is 420 g/mol. The van der Waals surface area contributed by atoms with E-state index in [-0.39, 0.29) is 5.75 Å². The second kappa shape index (κ2) is 7.37. The minimum absolute atomic E-state index is 0.0722. The fourth-order valence-electron chi connectivity index (χ4n) is 2.84. The molecule has 0 atom stereocenters. The molecule has 12 heteroatoms. The van der Waals surface area contributed by atoms with Crippen LogP contribution >= 0.6 is 23.1 Å². The molecule has 0 saturated heterocycles. The van der Waals surface area contributed by atoms with Gasteiger partial charge in [-0.1, -0.05) is 35.2 Å². The molecule has 3 heterocycles. The van der Waals surface area contributed by atoms with Gasteiger partial charge in [0.25, 0.3) is 0 Å². The molecule has 0 saturated carbocycles. The maximum atomic E-state index is 12.3. The van der Waals surface area contributed by atoms with Gasteiger partial charge in [0.2, 0.25) is 4.96 Å². The number of rotatable bonds is 6. The fraction of sp³-hybridized carbons (Fsp3) is 0.118. The monoisotopic (exact) mass is 431 g/mol. The predicted octanol–water partition coefficient (Wildman–Crippen LogP) is 3.81. The molecular formula is C17H11F2N7OS2. The van der Waals surface area contributed by atoms with E-state index < -0.39 is 6.61 Å². The van der Waals surface area contributed by atoms with Gasteiger partial charge < -0.3 is 4.74 Å². The molecule has 5 rings (SSSR count). The summed E-state index contributed by atoms with van der Waals surface area (Å²) in [5.74, 6) is 1.12. The van der Waals surface area contributed by atoms with Crippen molar-refractivity contribution in [1.82, 2.24) is 34.8 Å². The molecule has 0 aliphatic heterocycles. The Morgan fingerprint density at radius 3 is 2.69 bits per heavy atom. The van der Waals surface area contributed by atoms with E-state index in [4.69, 9.17) is 0 Å². The van der Waals surface area contributed by atoms with E-state index in [0.29, 0.717) is 17.3 Å². The van der Waals surface area contributed by atoms with E-state index in [0.717, 1.165) is 20.3 Å². The van der Waals surface area contributed by atoms with E-state index >= 15 is 0 Å². The third kappa shape index (κ3) is 3.40. The lowest BCUT2D eigenvalue weighted by Crippen LogP contribution is -2.04. The van der Waals surface area contributed by atoms with Crippen LogP contribution in [0.3, 0.4) is 0 Å². The maximum Gasteiger partial charge on any atom is 0.387 e. The van der Waals surface area contributed by atoms with Crippen molar-refractivity contribution in [2.24, 2.45) is 0 Å². The Labute approximate surface area is 170 Å². The van der Waals surface area contributed by atoms with Crippen LogP contribution < -0.4 is 4.74 Å². The lowest BCUT2D eigenvalue weighted by atomic mass is 10.3. The van der Waals surface area contributed by atoms with E-state index in [2.05, 4.69) is 30.5 Å². The molecule has 8 nitrogen and oxygen atoms in total. The minimum atomic E-state index is -2.87. The topological polar surface area (TPSA) is 83.0 Å². The maximum absolute atomic E-state index is 12.3. The summed E-state index contributed by atoms with van der Waals surface area (Å²) in [6, 6.07) is 14.2. The van der Waals surface area contributed by atoms with Crippen LogP contribution in [-0.4, -0.2) is 41.4 Å². The molecule has 5 aromatic rings. The summed E-state index contributed by atoms with van der Waals surface area (Å²) in [5, 5.41) is 21.0. The molecule has 0 radical (unpaired) electrons. The van der Waals surface area contributed by atoms with E-state index in [1.807, 2.05) is 28.7 Å². The number of para-hydroxylation sites is 1. The van der Waals surface area contributed by atoms with E-state index in [9.17, 15) is 8.78 Å². The minimum Gasteiger partial charge on any atom is -0.435 e. The summed E-state index contributed by atoms with van der Waals surface area (Å²) in [6.45, 7) is -2.87. The number of nitrogens with zero attached hydrogens (tertiary/aromatic N) is 7. The average Bonchev–Trinajstić information content (AvgIpc) is 3.42. The zero-order valence-electron chi connectivity index (χ0n) is 14.5. The Balaban J connectivity index is 1.39. The van der Waals surface area contributed by atoms with Crippen LogP contribution in [0.1, 0.15) is 5.82 Å². The number of benzene rings is 2. The van der Waals surface area contributed by atoms with Crippen LogP contribution in [0.25, 0.3) is 20.9 Å². The second-order valence-electron chi connectivity index (χ2n) is 5.84.